The zero-order valence-corrected chi connectivity index (χ0v) is 11.5. The van der Waals surface area contributed by atoms with Gasteiger partial charge in [0.15, 0.2) is 0 Å². The van der Waals surface area contributed by atoms with Crippen LogP contribution in [0.25, 0.3) is 0 Å². The molecule has 0 atom stereocenters. The Labute approximate surface area is 115 Å². The maximum Gasteiger partial charge on any atom is 0.265 e. The standard InChI is InChI=1S/C14H14N2O2S/c1-8-6-9(2)12(10(7-8)13(15)17)16-14(18)11-4-3-5-19-11/h3-7H,1-2H3,(H2,15,17)(H,16,18). The van der Waals surface area contributed by atoms with Gasteiger partial charge in [-0.25, -0.2) is 0 Å². The van der Waals surface area contributed by atoms with Crippen LogP contribution in [0.2, 0.25) is 0 Å². The van der Waals surface area contributed by atoms with Crippen molar-refractivity contribution in [3.8, 4) is 0 Å². The predicted octanol–water partition coefficient (Wildman–Crippen LogP) is 2.72. The average Bonchev–Trinajstić information content (AvgIpc) is 2.85. The number of hydrogen-bond acceptors (Lipinski definition) is 3. The van der Waals surface area contributed by atoms with Crippen molar-refractivity contribution in [2.24, 2.45) is 5.73 Å². The minimum Gasteiger partial charge on any atom is -0.366 e. The molecule has 0 unspecified atom stereocenters. The van der Waals surface area contributed by atoms with E-state index in [2.05, 4.69) is 5.32 Å². The smallest absolute Gasteiger partial charge is 0.265 e. The fraction of sp³-hybridized carbons (Fsp3) is 0.143. The van der Waals surface area contributed by atoms with Gasteiger partial charge in [-0.15, -0.1) is 11.3 Å². The molecule has 2 amide bonds. The Balaban J connectivity index is 2.39. The van der Waals surface area contributed by atoms with Gasteiger partial charge >= 0.3 is 0 Å². The van der Waals surface area contributed by atoms with Crippen molar-refractivity contribution in [3.63, 3.8) is 0 Å². The Morgan fingerprint density at radius 1 is 1.26 bits per heavy atom. The summed E-state index contributed by atoms with van der Waals surface area (Å²) in [6.07, 6.45) is 0. The highest BCUT2D eigenvalue weighted by atomic mass is 32.1. The number of carbonyl (C=O) groups excluding carboxylic acids is 2. The second-order valence-corrected chi connectivity index (χ2v) is 5.25. The van der Waals surface area contributed by atoms with Crippen molar-refractivity contribution in [2.75, 3.05) is 5.32 Å². The van der Waals surface area contributed by atoms with Crippen LogP contribution in [0.15, 0.2) is 29.6 Å². The van der Waals surface area contributed by atoms with Crippen LogP contribution in [0, 0.1) is 13.8 Å². The van der Waals surface area contributed by atoms with Gasteiger partial charge in [0.2, 0.25) is 0 Å². The van der Waals surface area contributed by atoms with E-state index in [1.54, 1.807) is 18.2 Å². The SMILES string of the molecule is Cc1cc(C)c(NC(=O)c2cccs2)c(C(N)=O)c1. The van der Waals surface area contributed by atoms with Crippen LogP contribution in [0.1, 0.15) is 31.2 Å². The van der Waals surface area contributed by atoms with E-state index in [4.69, 9.17) is 5.73 Å². The second kappa shape index (κ2) is 5.24. The van der Waals surface area contributed by atoms with Gasteiger partial charge in [0.1, 0.15) is 0 Å². The van der Waals surface area contributed by atoms with Crippen molar-refractivity contribution in [1.82, 2.24) is 0 Å². The summed E-state index contributed by atoms with van der Waals surface area (Å²) in [5, 5.41) is 4.59. The maximum atomic E-state index is 12.0. The molecule has 1 aromatic carbocycles. The van der Waals surface area contributed by atoms with Gasteiger partial charge in [0.25, 0.3) is 11.8 Å². The van der Waals surface area contributed by atoms with E-state index in [0.29, 0.717) is 16.1 Å². The summed E-state index contributed by atoms with van der Waals surface area (Å²) < 4.78 is 0. The topological polar surface area (TPSA) is 72.2 Å². The minimum atomic E-state index is -0.548. The number of primary amides is 1. The molecular weight excluding hydrogens is 260 g/mol. The number of nitrogens with one attached hydrogen (secondary N) is 1. The van der Waals surface area contributed by atoms with Crippen LogP contribution >= 0.6 is 11.3 Å². The lowest BCUT2D eigenvalue weighted by atomic mass is 10.0. The summed E-state index contributed by atoms with van der Waals surface area (Å²) in [6, 6.07) is 7.11. The quantitative estimate of drug-likeness (QED) is 0.903. The minimum absolute atomic E-state index is 0.232. The van der Waals surface area contributed by atoms with Crippen LogP contribution in [0.3, 0.4) is 0 Å². The number of aryl methyl sites for hydroxylation is 2. The monoisotopic (exact) mass is 274 g/mol. The Morgan fingerprint density at radius 2 is 2.00 bits per heavy atom. The van der Waals surface area contributed by atoms with Crippen molar-refractivity contribution in [1.29, 1.82) is 0 Å². The summed E-state index contributed by atoms with van der Waals surface area (Å²) >= 11 is 1.35. The van der Waals surface area contributed by atoms with Gasteiger partial charge in [-0.2, -0.15) is 0 Å². The van der Waals surface area contributed by atoms with E-state index >= 15 is 0 Å². The number of anilines is 1. The lowest BCUT2D eigenvalue weighted by Gasteiger charge is -2.12. The third-order valence-electron chi connectivity index (χ3n) is 2.73. The number of benzene rings is 1. The molecule has 0 aliphatic rings. The van der Waals surface area contributed by atoms with Crippen LogP contribution in [0.5, 0.6) is 0 Å². The Bertz CT molecular complexity index is 633. The van der Waals surface area contributed by atoms with Crippen LogP contribution in [-0.2, 0) is 0 Å². The lowest BCUT2D eigenvalue weighted by molar-refractivity contribution is 0.100. The summed E-state index contributed by atoms with van der Waals surface area (Å²) in [6.45, 7) is 3.72. The molecule has 0 bridgehead atoms. The molecular formula is C14H14N2O2S. The van der Waals surface area contributed by atoms with Crippen molar-refractivity contribution < 1.29 is 9.59 Å². The molecule has 0 saturated carbocycles. The molecule has 1 aromatic heterocycles. The molecule has 0 radical (unpaired) electrons. The Morgan fingerprint density at radius 3 is 2.58 bits per heavy atom. The van der Waals surface area contributed by atoms with E-state index in [-0.39, 0.29) is 5.91 Å². The maximum absolute atomic E-state index is 12.0. The van der Waals surface area contributed by atoms with Crippen molar-refractivity contribution in [3.05, 3.63) is 51.2 Å². The summed E-state index contributed by atoms with van der Waals surface area (Å²) in [5.74, 6) is -0.780. The molecule has 0 aliphatic carbocycles. The fourth-order valence-electron chi connectivity index (χ4n) is 1.91. The lowest BCUT2D eigenvalue weighted by Crippen LogP contribution is -2.19. The first-order chi connectivity index (χ1) is 8.99. The van der Waals surface area contributed by atoms with E-state index < -0.39 is 5.91 Å². The van der Waals surface area contributed by atoms with Crippen molar-refractivity contribution in [2.45, 2.75) is 13.8 Å². The molecule has 5 heteroatoms. The molecule has 98 valence electrons. The Kier molecular flexibility index (Phi) is 3.66. The summed E-state index contributed by atoms with van der Waals surface area (Å²) in [7, 11) is 0. The summed E-state index contributed by atoms with van der Waals surface area (Å²) in [4.78, 5) is 24.1. The highest BCUT2D eigenvalue weighted by Gasteiger charge is 2.15. The molecule has 0 aliphatic heterocycles. The van der Waals surface area contributed by atoms with Gasteiger partial charge in [-0.3, -0.25) is 9.59 Å². The zero-order chi connectivity index (χ0) is 14.0. The van der Waals surface area contributed by atoms with E-state index in [1.807, 2.05) is 25.3 Å². The molecule has 3 N–H and O–H groups in total. The van der Waals surface area contributed by atoms with E-state index in [1.165, 1.54) is 11.3 Å². The number of amides is 2. The van der Waals surface area contributed by atoms with Gasteiger partial charge in [0.05, 0.1) is 16.1 Å². The first-order valence-electron chi connectivity index (χ1n) is 5.75. The number of rotatable bonds is 3. The van der Waals surface area contributed by atoms with E-state index in [9.17, 15) is 9.59 Å². The molecule has 2 rings (SSSR count). The van der Waals surface area contributed by atoms with Gasteiger partial charge in [-0.1, -0.05) is 12.1 Å². The molecule has 1 heterocycles. The van der Waals surface area contributed by atoms with Crippen LogP contribution in [0.4, 0.5) is 5.69 Å². The molecule has 4 nitrogen and oxygen atoms in total. The number of hydrogen-bond donors (Lipinski definition) is 2. The fourth-order valence-corrected chi connectivity index (χ4v) is 2.53. The first kappa shape index (κ1) is 13.3. The van der Waals surface area contributed by atoms with Gasteiger partial charge < -0.3 is 11.1 Å². The summed E-state index contributed by atoms with van der Waals surface area (Å²) in [5.41, 5.74) is 7.93. The number of carbonyl (C=O) groups is 2. The van der Waals surface area contributed by atoms with Crippen LogP contribution in [-0.4, -0.2) is 11.8 Å². The third kappa shape index (κ3) is 2.82. The number of thiophene rings is 1. The van der Waals surface area contributed by atoms with Gasteiger partial charge in [-0.05, 0) is 42.5 Å². The normalized spacial score (nSPS) is 10.2. The third-order valence-corrected chi connectivity index (χ3v) is 3.60. The highest BCUT2D eigenvalue weighted by Crippen LogP contribution is 2.23. The van der Waals surface area contributed by atoms with Crippen LogP contribution < -0.4 is 11.1 Å². The first-order valence-corrected chi connectivity index (χ1v) is 6.63. The predicted molar refractivity (Wildman–Crippen MR) is 76.7 cm³/mol. The Hall–Kier alpha value is -2.14. The zero-order valence-electron chi connectivity index (χ0n) is 10.7. The largest absolute Gasteiger partial charge is 0.366 e. The van der Waals surface area contributed by atoms with Gasteiger partial charge in [0, 0.05) is 0 Å². The molecule has 0 fully saturated rings. The number of nitrogens with two attached hydrogens (primary N) is 1. The second-order valence-electron chi connectivity index (χ2n) is 4.30. The van der Waals surface area contributed by atoms with Crippen molar-refractivity contribution >= 4 is 28.8 Å². The molecule has 0 spiro atoms. The molecule has 19 heavy (non-hydrogen) atoms. The average molecular weight is 274 g/mol. The molecule has 0 saturated heterocycles. The highest BCUT2D eigenvalue weighted by molar-refractivity contribution is 7.12. The van der Waals surface area contributed by atoms with E-state index in [0.717, 1.165) is 11.1 Å². The molecule has 2 aromatic rings.